The quantitative estimate of drug-likeness (QED) is 0.290. The molecule has 4 rings (SSSR count). The number of para-hydroxylation sites is 1. The molecule has 1 aliphatic rings. The predicted molar refractivity (Wildman–Crippen MR) is 137 cm³/mol. The van der Waals surface area contributed by atoms with Crippen LogP contribution in [-0.2, 0) is 27.2 Å². The molecule has 190 valence electrons. The smallest absolute Gasteiger partial charge is 0.305 e. The number of aryl methyl sites for hydroxylation is 2. The number of nitrogens with two attached hydrogens (primary N) is 1. The Balaban J connectivity index is 1.30. The zero-order valence-corrected chi connectivity index (χ0v) is 20.3. The van der Waals surface area contributed by atoms with Gasteiger partial charge in [-0.2, -0.15) is 0 Å². The number of carbonyl (C=O) groups is 3. The summed E-state index contributed by atoms with van der Waals surface area (Å²) in [5.41, 5.74) is 8.66. The molecule has 0 saturated heterocycles. The minimum Gasteiger partial charge on any atom is -0.481 e. The van der Waals surface area contributed by atoms with Gasteiger partial charge in [-0.05, 0) is 62.3 Å². The van der Waals surface area contributed by atoms with Crippen LogP contribution in [0.25, 0.3) is 10.9 Å². The highest BCUT2D eigenvalue weighted by Gasteiger charge is 2.33. The Labute approximate surface area is 210 Å². The molecule has 3 aromatic rings. The number of carbonyl (C=O) groups excluding carboxylic acids is 2. The number of fused-ring (bicyclic) bond motifs is 1. The van der Waals surface area contributed by atoms with Crippen molar-refractivity contribution in [1.29, 1.82) is 0 Å². The number of anilines is 1. The van der Waals surface area contributed by atoms with Gasteiger partial charge in [-0.3, -0.25) is 14.4 Å². The van der Waals surface area contributed by atoms with E-state index in [2.05, 4.69) is 15.3 Å². The lowest BCUT2D eigenvalue weighted by Gasteiger charge is -2.24. The number of benzene rings is 1. The molecule has 36 heavy (non-hydrogen) atoms. The van der Waals surface area contributed by atoms with Crippen molar-refractivity contribution in [3.63, 3.8) is 0 Å². The molecule has 9 heteroatoms. The Hall–Kier alpha value is -3.88. The Morgan fingerprint density at radius 2 is 1.94 bits per heavy atom. The van der Waals surface area contributed by atoms with E-state index in [9.17, 15) is 19.5 Å². The van der Waals surface area contributed by atoms with Crippen molar-refractivity contribution in [1.82, 2.24) is 20.2 Å². The highest BCUT2D eigenvalue weighted by Crippen LogP contribution is 2.27. The van der Waals surface area contributed by atoms with Crippen molar-refractivity contribution in [3.05, 3.63) is 59.9 Å². The molecule has 1 saturated carbocycles. The average molecular weight is 492 g/mol. The molecule has 2 amide bonds. The van der Waals surface area contributed by atoms with Crippen LogP contribution < -0.4 is 11.1 Å². The molecule has 5 N–H and O–H groups in total. The van der Waals surface area contributed by atoms with Crippen LogP contribution in [0.5, 0.6) is 0 Å². The number of aromatic amines is 1. The van der Waals surface area contributed by atoms with Crippen LogP contribution in [0.4, 0.5) is 5.82 Å². The molecular weight excluding hydrogens is 458 g/mol. The number of hydrogen-bond donors (Lipinski definition) is 4. The first kappa shape index (κ1) is 25.2. The van der Waals surface area contributed by atoms with E-state index in [4.69, 9.17) is 5.73 Å². The topological polar surface area (TPSA) is 141 Å². The van der Waals surface area contributed by atoms with Gasteiger partial charge in [0.15, 0.2) is 0 Å². The standard InChI is InChI=1S/C27H33N5O4/c28-24-9-3-5-19(30-24)6-4-10-26(34)32(21-13-14-21)17-25(33)31-20(15-27(35)36)12-11-18-16-29-23-8-2-1-7-22(18)23/h1-3,5,7-9,16,20-21,29H,4,6,10-15,17H2,(H2,28,30)(H,31,33)(H,35,36)/t20-/m1/s1. The first-order chi connectivity index (χ1) is 17.4. The second-order valence-electron chi connectivity index (χ2n) is 9.42. The second kappa shape index (κ2) is 11.7. The normalized spacial score (nSPS) is 13.9. The molecule has 0 unspecified atom stereocenters. The number of carboxylic acid groups (broad SMARTS) is 1. The molecule has 0 radical (unpaired) electrons. The maximum absolute atomic E-state index is 12.9. The van der Waals surface area contributed by atoms with E-state index in [1.807, 2.05) is 42.6 Å². The van der Waals surface area contributed by atoms with Crippen molar-refractivity contribution in [2.75, 3.05) is 12.3 Å². The van der Waals surface area contributed by atoms with E-state index < -0.39 is 12.0 Å². The predicted octanol–water partition coefficient (Wildman–Crippen LogP) is 3.05. The zero-order chi connectivity index (χ0) is 25.5. The number of pyridine rings is 1. The fourth-order valence-electron chi connectivity index (χ4n) is 4.54. The van der Waals surface area contributed by atoms with Crippen LogP contribution in [0, 0.1) is 0 Å². The lowest BCUT2D eigenvalue weighted by molar-refractivity contribution is -0.139. The summed E-state index contributed by atoms with van der Waals surface area (Å²) in [4.78, 5) is 46.3. The molecule has 1 atom stereocenters. The summed E-state index contributed by atoms with van der Waals surface area (Å²) in [6, 6.07) is 12.9. The molecule has 0 spiro atoms. The third-order valence-corrected chi connectivity index (χ3v) is 6.50. The molecular formula is C27H33N5O4. The summed E-state index contributed by atoms with van der Waals surface area (Å²) in [6.45, 7) is -0.0523. The van der Waals surface area contributed by atoms with E-state index in [1.54, 1.807) is 11.0 Å². The van der Waals surface area contributed by atoms with Gasteiger partial charge >= 0.3 is 5.97 Å². The highest BCUT2D eigenvalue weighted by molar-refractivity contribution is 5.86. The number of hydrogen-bond acceptors (Lipinski definition) is 5. The Morgan fingerprint density at radius 3 is 2.69 bits per heavy atom. The number of aromatic nitrogens is 2. The molecule has 2 aromatic heterocycles. The fourth-order valence-corrected chi connectivity index (χ4v) is 4.54. The third kappa shape index (κ3) is 7.07. The summed E-state index contributed by atoms with van der Waals surface area (Å²) >= 11 is 0. The largest absolute Gasteiger partial charge is 0.481 e. The number of amides is 2. The maximum Gasteiger partial charge on any atom is 0.305 e. The van der Waals surface area contributed by atoms with E-state index in [0.717, 1.165) is 35.0 Å². The van der Waals surface area contributed by atoms with Gasteiger partial charge in [0.1, 0.15) is 5.82 Å². The molecule has 1 aliphatic carbocycles. The average Bonchev–Trinajstić information content (AvgIpc) is 3.60. The van der Waals surface area contributed by atoms with Crippen LogP contribution >= 0.6 is 0 Å². The van der Waals surface area contributed by atoms with Crippen LogP contribution in [0.1, 0.15) is 49.8 Å². The summed E-state index contributed by atoms with van der Waals surface area (Å²) < 4.78 is 0. The number of aliphatic carboxylic acids is 1. The summed E-state index contributed by atoms with van der Waals surface area (Å²) in [6.07, 6.45) is 6.22. The number of nitrogens with zero attached hydrogens (tertiary/aromatic N) is 2. The van der Waals surface area contributed by atoms with Gasteiger partial charge in [0.25, 0.3) is 0 Å². The number of nitrogens with one attached hydrogen (secondary N) is 2. The van der Waals surface area contributed by atoms with Crippen molar-refractivity contribution in [3.8, 4) is 0 Å². The van der Waals surface area contributed by atoms with E-state index in [1.165, 1.54) is 0 Å². The first-order valence-electron chi connectivity index (χ1n) is 12.5. The molecule has 0 bridgehead atoms. The number of H-pyrrole nitrogens is 1. The van der Waals surface area contributed by atoms with Crippen molar-refractivity contribution in [2.45, 2.75) is 63.5 Å². The maximum atomic E-state index is 12.9. The van der Waals surface area contributed by atoms with Crippen LogP contribution in [-0.4, -0.2) is 56.4 Å². The molecule has 1 aromatic carbocycles. The second-order valence-corrected chi connectivity index (χ2v) is 9.42. The van der Waals surface area contributed by atoms with Gasteiger partial charge in [0.05, 0.1) is 13.0 Å². The molecule has 0 aliphatic heterocycles. The van der Waals surface area contributed by atoms with E-state index in [0.29, 0.717) is 37.9 Å². The number of carboxylic acids is 1. The Kier molecular flexibility index (Phi) is 8.20. The van der Waals surface area contributed by atoms with Crippen LogP contribution in [0.3, 0.4) is 0 Å². The minimum absolute atomic E-state index is 0.0523. The van der Waals surface area contributed by atoms with Gasteiger partial charge in [-0.25, -0.2) is 4.98 Å². The van der Waals surface area contributed by atoms with Gasteiger partial charge in [-0.1, -0.05) is 24.3 Å². The number of rotatable bonds is 13. The van der Waals surface area contributed by atoms with E-state index in [-0.39, 0.29) is 30.8 Å². The van der Waals surface area contributed by atoms with Crippen molar-refractivity contribution in [2.24, 2.45) is 0 Å². The highest BCUT2D eigenvalue weighted by atomic mass is 16.4. The lowest BCUT2D eigenvalue weighted by atomic mass is 10.0. The van der Waals surface area contributed by atoms with Gasteiger partial charge in [0.2, 0.25) is 11.8 Å². The molecule has 2 heterocycles. The van der Waals surface area contributed by atoms with Gasteiger partial charge in [-0.15, -0.1) is 0 Å². The lowest BCUT2D eigenvalue weighted by Crippen LogP contribution is -2.45. The van der Waals surface area contributed by atoms with Crippen LogP contribution in [0.15, 0.2) is 48.7 Å². The fraction of sp³-hybridized carbons (Fsp3) is 0.407. The third-order valence-electron chi connectivity index (χ3n) is 6.50. The zero-order valence-electron chi connectivity index (χ0n) is 20.3. The summed E-state index contributed by atoms with van der Waals surface area (Å²) in [5.74, 6) is -0.900. The Bertz CT molecular complexity index is 1220. The van der Waals surface area contributed by atoms with E-state index >= 15 is 0 Å². The molecule has 9 nitrogen and oxygen atoms in total. The number of nitrogen functional groups attached to an aromatic ring is 1. The monoisotopic (exact) mass is 491 g/mol. The Morgan fingerprint density at radius 1 is 1.14 bits per heavy atom. The SMILES string of the molecule is Nc1cccc(CCCC(=O)N(CC(=O)N[C@H](CCc2c[nH]c3ccccc23)CC(=O)O)C2CC2)n1. The van der Waals surface area contributed by atoms with Crippen LogP contribution in [0.2, 0.25) is 0 Å². The summed E-state index contributed by atoms with van der Waals surface area (Å²) in [5, 5.41) is 13.3. The minimum atomic E-state index is -0.968. The van der Waals surface area contributed by atoms with Crippen molar-refractivity contribution >= 4 is 34.5 Å². The molecule has 1 fully saturated rings. The summed E-state index contributed by atoms with van der Waals surface area (Å²) in [7, 11) is 0. The van der Waals surface area contributed by atoms with Crippen molar-refractivity contribution < 1.29 is 19.5 Å². The van der Waals surface area contributed by atoms with Gasteiger partial charge < -0.3 is 26.0 Å². The first-order valence-corrected chi connectivity index (χ1v) is 12.5. The van der Waals surface area contributed by atoms with Gasteiger partial charge in [0, 0.05) is 41.3 Å².